The largest absolute Gasteiger partial charge is 0.508 e. The summed E-state index contributed by atoms with van der Waals surface area (Å²) in [5.41, 5.74) is 1.66. The van der Waals surface area contributed by atoms with Crippen molar-refractivity contribution in [2.75, 3.05) is 18.5 Å². The van der Waals surface area contributed by atoms with Crippen molar-refractivity contribution < 1.29 is 19.4 Å². The third-order valence-corrected chi connectivity index (χ3v) is 4.50. The number of anilines is 1. The molecule has 3 rings (SSSR count). The average Bonchev–Trinajstić information content (AvgIpc) is 3.07. The monoisotopic (exact) mass is 369 g/mol. The van der Waals surface area contributed by atoms with Gasteiger partial charge in [-0.25, -0.2) is 0 Å². The van der Waals surface area contributed by atoms with E-state index in [4.69, 9.17) is 4.74 Å². The number of phenolic OH excluding ortho intramolecular Hbond substituents is 1. The van der Waals surface area contributed by atoms with Crippen LogP contribution >= 0.6 is 0 Å². The van der Waals surface area contributed by atoms with Gasteiger partial charge in [0, 0.05) is 42.9 Å². The van der Waals surface area contributed by atoms with Crippen LogP contribution in [0.1, 0.15) is 18.4 Å². The van der Waals surface area contributed by atoms with E-state index in [2.05, 4.69) is 15.6 Å². The van der Waals surface area contributed by atoms with Crippen LogP contribution < -0.4 is 10.6 Å². The molecule has 27 heavy (non-hydrogen) atoms. The predicted octanol–water partition coefficient (Wildman–Crippen LogP) is 1.88. The van der Waals surface area contributed by atoms with Crippen molar-refractivity contribution in [3.05, 3.63) is 54.4 Å². The smallest absolute Gasteiger partial charge is 0.224 e. The molecule has 2 atom stereocenters. The fourth-order valence-corrected chi connectivity index (χ4v) is 3.09. The minimum absolute atomic E-state index is 0.0557. The van der Waals surface area contributed by atoms with Gasteiger partial charge in [-0.15, -0.1) is 0 Å². The summed E-state index contributed by atoms with van der Waals surface area (Å²) in [6, 6.07) is 10.2. The number of ether oxygens (including phenoxy) is 1. The number of carbonyl (C=O) groups is 2. The van der Waals surface area contributed by atoms with Crippen LogP contribution in [0.2, 0.25) is 0 Å². The molecule has 1 saturated heterocycles. The summed E-state index contributed by atoms with van der Waals surface area (Å²) in [7, 11) is 0. The molecule has 0 bridgehead atoms. The lowest BCUT2D eigenvalue weighted by atomic mass is 9.95. The number of phenols is 1. The molecule has 0 radical (unpaired) electrons. The highest BCUT2D eigenvalue weighted by Gasteiger charge is 2.29. The second kappa shape index (κ2) is 9.14. The fraction of sp³-hybridized carbons (Fsp3) is 0.350. The summed E-state index contributed by atoms with van der Waals surface area (Å²) in [6.45, 7) is 1.09. The lowest BCUT2D eigenvalue weighted by molar-refractivity contribution is -0.125. The molecule has 0 unspecified atom stereocenters. The number of amides is 2. The Kier molecular flexibility index (Phi) is 6.38. The number of aromatic nitrogens is 1. The van der Waals surface area contributed by atoms with E-state index in [-0.39, 0.29) is 42.4 Å². The van der Waals surface area contributed by atoms with Crippen LogP contribution in [0.3, 0.4) is 0 Å². The van der Waals surface area contributed by atoms with E-state index in [1.54, 1.807) is 24.5 Å². The van der Waals surface area contributed by atoms with Gasteiger partial charge in [-0.1, -0.05) is 6.07 Å². The highest BCUT2D eigenvalue weighted by atomic mass is 16.5. The molecule has 0 saturated carbocycles. The van der Waals surface area contributed by atoms with E-state index >= 15 is 0 Å². The first-order valence-corrected chi connectivity index (χ1v) is 8.95. The molecule has 2 aromatic rings. The van der Waals surface area contributed by atoms with E-state index in [1.165, 1.54) is 12.1 Å². The Morgan fingerprint density at radius 2 is 1.89 bits per heavy atom. The van der Waals surface area contributed by atoms with Crippen LogP contribution in [-0.4, -0.2) is 41.2 Å². The zero-order chi connectivity index (χ0) is 19.1. The quantitative estimate of drug-likeness (QED) is 0.692. The first-order valence-electron chi connectivity index (χ1n) is 8.95. The summed E-state index contributed by atoms with van der Waals surface area (Å²) in [4.78, 5) is 28.2. The van der Waals surface area contributed by atoms with Gasteiger partial charge >= 0.3 is 0 Å². The van der Waals surface area contributed by atoms with Gasteiger partial charge in [0.2, 0.25) is 11.8 Å². The Hall–Kier alpha value is -2.93. The van der Waals surface area contributed by atoms with Crippen molar-refractivity contribution >= 4 is 17.5 Å². The molecule has 0 aliphatic carbocycles. The molecule has 1 fully saturated rings. The zero-order valence-electron chi connectivity index (χ0n) is 14.9. The van der Waals surface area contributed by atoms with Gasteiger partial charge < -0.3 is 20.5 Å². The minimum Gasteiger partial charge on any atom is -0.508 e. The second-order valence-corrected chi connectivity index (χ2v) is 6.63. The Morgan fingerprint density at radius 1 is 1.11 bits per heavy atom. The highest BCUT2D eigenvalue weighted by molar-refractivity contribution is 5.93. The van der Waals surface area contributed by atoms with Gasteiger partial charge in [-0.3, -0.25) is 14.6 Å². The predicted molar refractivity (Wildman–Crippen MR) is 100 cm³/mol. The number of aromatic hydroxyl groups is 1. The fourth-order valence-electron chi connectivity index (χ4n) is 3.09. The number of benzene rings is 1. The van der Waals surface area contributed by atoms with Crippen molar-refractivity contribution in [2.24, 2.45) is 5.92 Å². The maximum absolute atomic E-state index is 12.2. The van der Waals surface area contributed by atoms with Crippen LogP contribution in [0.15, 0.2) is 48.8 Å². The van der Waals surface area contributed by atoms with Crippen molar-refractivity contribution in [1.29, 1.82) is 0 Å². The van der Waals surface area contributed by atoms with E-state index in [1.807, 2.05) is 12.1 Å². The molecule has 1 aliphatic heterocycles. The Bertz CT molecular complexity index is 782. The lowest BCUT2D eigenvalue weighted by Crippen LogP contribution is -2.40. The van der Waals surface area contributed by atoms with Crippen molar-refractivity contribution in [2.45, 2.75) is 25.3 Å². The lowest BCUT2D eigenvalue weighted by Gasteiger charge is -2.19. The molecule has 7 heteroatoms. The van der Waals surface area contributed by atoms with Gasteiger partial charge in [-0.2, -0.15) is 0 Å². The Morgan fingerprint density at radius 3 is 2.67 bits per heavy atom. The molecule has 3 N–H and O–H groups in total. The zero-order valence-corrected chi connectivity index (χ0v) is 14.9. The molecule has 1 aromatic carbocycles. The van der Waals surface area contributed by atoms with Crippen LogP contribution in [-0.2, 0) is 20.7 Å². The Labute approximate surface area is 157 Å². The summed E-state index contributed by atoms with van der Waals surface area (Å²) >= 11 is 0. The van der Waals surface area contributed by atoms with Crippen LogP contribution in [0, 0.1) is 5.92 Å². The Balaban J connectivity index is 1.43. The van der Waals surface area contributed by atoms with Crippen molar-refractivity contribution in [1.82, 2.24) is 10.3 Å². The first-order chi connectivity index (χ1) is 13.1. The van der Waals surface area contributed by atoms with E-state index < -0.39 is 0 Å². The number of rotatable bonds is 7. The van der Waals surface area contributed by atoms with Crippen LogP contribution in [0.4, 0.5) is 5.69 Å². The van der Waals surface area contributed by atoms with Crippen LogP contribution in [0.5, 0.6) is 5.75 Å². The molecule has 2 heterocycles. The van der Waals surface area contributed by atoms with Crippen molar-refractivity contribution in [3.8, 4) is 5.75 Å². The van der Waals surface area contributed by atoms with E-state index in [9.17, 15) is 14.7 Å². The average molecular weight is 369 g/mol. The van der Waals surface area contributed by atoms with Gasteiger partial charge in [0.15, 0.2) is 0 Å². The van der Waals surface area contributed by atoms with Gasteiger partial charge in [0.1, 0.15) is 5.75 Å². The van der Waals surface area contributed by atoms with Crippen LogP contribution in [0.25, 0.3) is 0 Å². The first kappa shape index (κ1) is 18.8. The van der Waals surface area contributed by atoms with Gasteiger partial charge in [0.25, 0.3) is 0 Å². The third kappa shape index (κ3) is 5.79. The summed E-state index contributed by atoms with van der Waals surface area (Å²) in [5, 5.41) is 15.0. The molecule has 1 aliphatic rings. The topological polar surface area (TPSA) is 101 Å². The number of carbonyl (C=O) groups excluding carboxylic acids is 2. The summed E-state index contributed by atoms with van der Waals surface area (Å²) in [5.74, 6) is -0.160. The van der Waals surface area contributed by atoms with Crippen molar-refractivity contribution in [3.63, 3.8) is 0 Å². The number of nitrogens with one attached hydrogen (secondary N) is 2. The molecule has 142 valence electrons. The SMILES string of the molecule is O=C(CCC(=O)N[C@H]1COC[C@H]1Cc1ccncc1)Nc1cccc(O)c1. The third-order valence-electron chi connectivity index (χ3n) is 4.50. The van der Waals surface area contributed by atoms with Gasteiger partial charge in [-0.05, 0) is 36.2 Å². The second-order valence-electron chi connectivity index (χ2n) is 6.63. The molecular weight excluding hydrogens is 346 g/mol. The van der Waals surface area contributed by atoms with E-state index in [0.29, 0.717) is 18.9 Å². The van der Waals surface area contributed by atoms with Gasteiger partial charge in [0.05, 0.1) is 19.3 Å². The maximum Gasteiger partial charge on any atom is 0.224 e. The number of pyridine rings is 1. The maximum atomic E-state index is 12.2. The molecular formula is C20H23N3O4. The highest BCUT2D eigenvalue weighted by Crippen LogP contribution is 2.19. The summed E-state index contributed by atoms with van der Waals surface area (Å²) < 4.78 is 5.53. The molecule has 1 aromatic heterocycles. The number of hydrogen-bond acceptors (Lipinski definition) is 5. The number of hydrogen-bond donors (Lipinski definition) is 3. The number of nitrogens with zero attached hydrogens (tertiary/aromatic N) is 1. The normalized spacial score (nSPS) is 18.8. The minimum atomic E-state index is -0.272. The molecule has 0 spiro atoms. The van der Waals surface area contributed by atoms with E-state index in [0.717, 1.165) is 12.0 Å². The summed E-state index contributed by atoms with van der Waals surface area (Å²) in [6.07, 6.45) is 4.49. The standard InChI is InChI=1S/C20H23N3O4/c24-17-3-1-2-16(11-17)22-19(25)4-5-20(26)23-18-13-27-12-15(18)10-14-6-8-21-9-7-14/h1-3,6-9,11,15,18,24H,4-5,10,12-13H2,(H,22,25)(H,23,26)/t15-,18+/m1/s1. The molecule has 7 nitrogen and oxygen atoms in total. The molecule has 2 amide bonds.